The molecule has 4 rings (SSSR count). The minimum Gasteiger partial charge on any atom is -0.481 e. The van der Waals surface area contributed by atoms with Gasteiger partial charge in [0.25, 0.3) is 5.91 Å². The Hall–Kier alpha value is -4.29. The minimum absolute atomic E-state index is 0.0327. The molecule has 4 aromatic rings. The first-order valence-electron chi connectivity index (χ1n) is 12.5. The highest BCUT2D eigenvalue weighted by molar-refractivity contribution is 6.31. The van der Waals surface area contributed by atoms with Gasteiger partial charge >= 0.3 is 6.18 Å². The number of hydrogen-bond donors (Lipinski definition) is 2. The van der Waals surface area contributed by atoms with E-state index in [-0.39, 0.29) is 27.7 Å². The number of aromatic nitrogens is 3. The highest BCUT2D eigenvalue weighted by Crippen LogP contribution is 2.35. The van der Waals surface area contributed by atoms with E-state index >= 15 is 4.39 Å². The van der Waals surface area contributed by atoms with Crippen molar-refractivity contribution in [3.63, 3.8) is 0 Å². The number of rotatable bonds is 8. The van der Waals surface area contributed by atoms with Crippen LogP contribution in [0.1, 0.15) is 34.1 Å². The maximum atomic E-state index is 15.3. The molecule has 3 heterocycles. The summed E-state index contributed by atoms with van der Waals surface area (Å²) in [4.78, 5) is 26.0. The third-order valence-corrected chi connectivity index (χ3v) is 6.70. The maximum Gasteiger partial charge on any atom is 0.425 e. The van der Waals surface area contributed by atoms with Crippen LogP contribution in [0.2, 0.25) is 5.02 Å². The van der Waals surface area contributed by atoms with Crippen LogP contribution in [0.15, 0.2) is 48.8 Å². The van der Waals surface area contributed by atoms with Gasteiger partial charge in [-0.3, -0.25) is 9.78 Å². The molecule has 0 bridgehead atoms. The largest absolute Gasteiger partial charge is 0.481 e. The zero-order valence-corrected chi connectivity index (χ0v) is 23.6. The summed E-state index contributed by atoms with van der Waals surface area (Å²) in [5, 5.41) is 12.2. The van der Waals surface area contributed by atoms with E-state index in [2.05, 4.69) is 20.3 Å². The van der Waals surface area contributed by atoms with Gasteiger partial charge in [-0.25, -0.2) is 14.4 Å². The number of aliphatic hydroxyl groups is 1. The molecule has 1 amide bonds. The van der Waals surface area contributed by atoms with Gasteiger partial charge in [-0.2, -0.15) is 13.2 Å². The summed E-state index contributed by atoms with van der Waals surface area (Å²) < 4.78 is 66.0. The van der Waals surface area contributed by atoms with E-state index in [1.54, 1.807) is 19.2 Å². The van der Waals surface area contributed by atoms with Gasteiger partial charge in [0.05, 0.1) is 41.4 Å². The Balaban J connectivity index is 1.75. The Morgan fingerprint density at radius 2 is 1.86 bits per heavy atom. The van der Waals surface area contributed by atoms with Crippen molar-refractivity contribution in [2.75, 3.05) is 12.4 Å². The molecular formula is C29H25ClF4N4O4. The number of benzene rings is 1. The minimum atomic E-state index is -4.77. The van der Waals surface area contributed by atoms with E-state index in [1.807, 2.05) is 6.92 Å². The van der Waals surface area contributed by atoms with Crippen molar-refractivity contribution in [3.8, 4) is 34.1 Å². The first-order chi connectivity index (χ1) is 19.8. The number of ether oxygens (including phenoxy) is 2. The number of carbonyl (C=O) groups excluding carboxylic acids is 1. The van der Waals surface area contributed by atoms with E-state index in [0.717, 1.165) is 24.6 Å². The number of amides is 1. The van der Waals surface area contributed by atoms with E-state index in [1.165, 1.54) is 31.5 Å². The summed E-state index contributed by atoms with van der Waals surface area (Å²) in [6.45, 7) is 3.84. The molecule has 1 unspecified atom stereocenters. The molecule has 1 aromatic carbocycles. The van der Waals surface area contributed by atoms with Crippen LogP contribution in [0.25, 0.3) is 22.5 Å². The molecule has 220 valence electrons. The molecule has 42 heavy (non-hydrogen) atoms. The van der Waals surface area contributed by atoms with Crippen molar-refractivity contribution in [3.05, 3.63) is 82.0 Å². The van der Waals surface area contributed by atoms with Gasteiger partial charge in [0, 0.05) is 34.8 Å². The molecule has 0 spiro atoms. The van der Waals surface area contributed by atoms with Crippen molar-refractivity contribution in [1.29, 1.82) is 0 Å². The number of nitrogens with one attached hydrogen (secondary N) is 1. The van der Waals surface area contributed by atoms with Gasteiger partial charge in [-0.15, -0.1) is 0 Å². The fourth-order valence-corrected chi connectivity index (χ4v) is 4.36. The zero-order valence-electron chi connectivity index (χ0n) is 22.8. The van der Waals surface area contributed by atoms with Gasteiger partial charge in [0.15, 0.2) is 6.10 Å². The van der Waals surface area contributed by atoms with Crippen LogP contribution in [0.3, 0.4) is 0 Å². The Bertz CT molecular complexity index is 1650. The Labute approximate surface area is 243 Å². The van der Waals surface area contributed by atoms with Gasteiger partial charge < -0.3 is 19.9 Å². The molecule has 3 aromatic heterocycles. The lowest BCUT2D eigenvalue weighted by Crippen LogP contribution is -2.32. The van der Waals surface area contributed by atoms with Crippen molar-refractivity contribution in [2.24, 2.45) is 0 Å². The molecule has 0 fully saturated rings. The monoisotopic (exact) mass is 604 g/mol. The predicted octanol–water partition coefficient (Wildman–Crippen LogP) is 6.70. The molecule has 0 aliphatic rings. The number of anilines is 1. The predicted molar refractivity (Wildman–Crippen MR) is 148 cm³/mol. The molecule has 1 atom stereocenters. The summed E-state index contributed by atoms with van der Waals surface area (Å²) >= 11 is 5.97. The van der Waals surface area contributed by atoms with Crippen LogP contribution in [0.4, 0.5) is 23.2 Å². The molecule has 0 saturated heterocycles. The lowest BCUT2D eigenvalue weighted by atomic mass is 10.0. The van der Waals surface area contributed by atoms with E-state index in [0.29, 0.717) is 22.7 Å². The van der Waals surface area contributed by atoms with E-state index in [4.69, 9.17) is 21.1 Å². The average Bonchev–Trinajstić information content (AvgIpc) is 2.94. The summed E-state index contributed by atoms with van der Waals surface area (Å²) in [7, 11) is 1.48. The Morgan fingerprint density at radius 3 is 2.52 bits per heavy atom. The third-order valence-electron chi connectivity index (χ3n) is 6.36. The van der Waals surface area contributed by atoms with Crippen LogP contribution in [0.5, 0.6) is 11.6 Å². The summed E-state index contributed by atoms with van der Waals surface area (Å²) in [6, 6.07) is 7.44. The quantitative estimate of drug-likeness (QED) is 0.216. The SMILES string of the molecule is COc1ncc(C)c(-c2cc(NC(=O)c3cc(F)c(-c4ccc(Cl)c(CO)n4)cc3OC(C)C(F)(F)F)ccn2)c1C. The van der Waals surface area contributed by atoms with Crippen molar-refractivity contribution in [1.82, 2.24) is 15.0 Å². The fraction of sp³-hybridized carbons (Fsp3) is 0.241. The molecule has 0 aliphatic carbocycles. The van der Waals surface area contributed by atoms with E-state index < -0.39 is 41.9 Å². The highest BCUT2D eigenvalue weighted by Gasteiger charge is 2.39. The van der Waals surface area contributed by atoms with Gasteiger partial charge in [0.2, 0.25) is 5.88 Å². The second-order valence-corrected chi connectivity index (χ2v) is 9.65. The number of pyridine rings is 3. The topological polar surface area (TPSA) is 106 Å². The van der Waals surface area contributed by atoms with Gasteiger partial charge in [0.1, 0.15) is 11.6 Å². The van der Waals surface area contributed by atoms with Crippen molar-refractivity contribution < 1.29 is 36.9 Å². The average molecular weight is 605 g/mol. The number of halogens is 5. The normalized spacial score (nSPS) is 12.1. The first kappa shape index (κ1) is 30.7. The molecule has 0 aliphatic heterocycles. The van der Waals surface area contributed by atoms with Crippen LogP contribution < -0.4 is 14.8 Å². The number of nitrogens with zero attached hydrogens (tertiary/aromatic N) is 3. The molecule has 13 heteroatoms. The number of aliphatic hydroxyl groups excluding tert-OH is 1. The molecule has 2 N–H and O–H groups in total. The maximum absolute atomic E-state index is 15.3. The lowest BCUT2D eigenvalue weighted by molar-refractivity contribution is -0.189. The second kappa shape index (κ2) is 12.3. The van der Waals surface area contributed by atoms with E-state index in [9.17, 15) is 23.1 Å². The Kier molecular flexibility index (Phi) is 8.97. The van der Waals surface area contributed by atoms with Gasteiger partial charge in [-0.05, 0) is 62.7 Å². The third kappa shape index (κ3) is 6.44. The molecule has 0 radical (unpaired) electrons. The number of methoxy groups -OCH3 is 1. The molecule has 8 nitrogen and oxygen atoms in total. The first-order valence-corrected chi connectivity index (χ1v) is 12.8. The molecular weight excluding hydrogens is 580 g/mol. The number of carbonyl (C=O) groups is 1. The Morgan fingerprint density at radius 1 is 1.12 bits per heavy atom. The van der Waals surface area contributed by atoms with Crippen LogP contribution in [0, 0.1) is 19.7 Å². The number of hydrogen-bond acceptors (Lipinski definition) is 7. The van der Waals surface area contributed by atoms with Crippen molar-refractivity contribution in [2.45, 2.75) is 39.7 Å². The fourth-order valence-electron chi connectivity index (χ4n) is 4.19. The number of alkyl halides is 3. The molecule has 0 saturated carbocycles. The summed E-state index contributed by atoms with van der Waals surface area (Å²) in [6.07, 6.45) is -4.04. The zero-order chi connectivity index (χ0) is 30.8. The smallest absolute Gasteiger partial charge is 0.425 e. The second-order valence-electron chi connectivity index (χ2n) is 9.25. The van der Waals surface area contributed by atoms with Crippen molar-refractivity contribution >= 4 is 23.2 Å². The highest BCUT2D eigenvalue weighted by atomic mass is 35.5. The lowest BCUT2D eigenvalue weighted by Gasteiger charge is -2.21. The summed E-state index contributed by atoms with van der Waals surface area (Å²) in [5.74, 6) is -2.03. The van der Waals surface area contributed by atoms with Crippen LogP contribution >= 0.6 is 11.6 Å². The standard InChI is InChI=1S/C29H25ClF4N4O4/c1-14-12-36-28(41-4)15(2)26(14)23-9-17(7-8-35-23)37-27(40)19-10-21(31)18(11-25(19)42-16(3)29(32,33)34)22-6-5-20(30)24(13-39)38-22/h5-12,16,39H,13H2,1-4H3,(H,35,37,40). The number of aryl methyl sites for hydroxylation is 1. The van der Waals surface area contributed by atoms with Gasteiger partial charge in [-0.1, -0.05) is 11.6 Å². The summed E-state index contributed by atoms with van der Waals surface area (Å²) in [5.41, 5.74) is 2.19. The van der Waals surface area contributed by atoms with Crippen LogP contribution in [-0.4, -0.2) is 45.4 Å². The van der Waals surface area contributed by atoms with Crippen LogP contribution in [-0.2, 0) is 6.61 Å².